The summed E-state index contributed by atoms with van der Waals surface area (Å²) < 4.78 is 0. The van der Waals surface area contributed by atoms with Crippen LogP contribution in [0.5, 0.6) is 0 Å². The van der Waals surface area contributed by atoms with Gasteiger partial charge in [0.2, 0.25) is 0 Å². The summed E-state index contributed by atoms with van der Waals surface area (Å²) >= 11 is 0. The number of quaternary nitrogens is 1. The van der Waals surface area contributed by atoms with E-state index in [2.05, 4.69) is 0 Å². The normalized spacial score (nSPS) is 10.1. The zero-order valence-electron chi connectivity index (χ0n) is 10.3. The summed E-state index contributed by atoms with van der Waals surface area (Å²) in [5.74, 6) is -0.311. The lowest BCUT2D eigenvalue weighted by Gasteiger charge is -1.94. The van der Waals surface area contributed by atoms with E-state index in [-0.39, 0.29) is 5.97 Å². The van der Waals surface area contributed by atoms with E-state index in [4.69, 9.17) is 4.84 Å². The maximum absolute atomic E-state index is 11.7. The van der Waals surface area contributed by atoms with E-state index in [0.29, 0.717) is 12.1 Å². The average Bonchev–Trinajstić information content (AvgIpc) is 2.40. The minimum absolute atomic E-state index is 0.311. The molecule has 2 N–H and O–H groups in total. The minimum Gasteiger partial charge on any atom is -0.0835 e. The highest BCUT2D eigenvalue weighted by Gasteiger charge is 2.24. The molecule has 0 unspecified atom stereocenters. The lowest BCUT2D eigenvalue weighted by Crippen LogP contribution is -2.82. The van der Waals surface area contributed by atoms with Gasteiger partial charge in [0, 0.05) is 5.56 Å². The van der Waals surface area contributed by atoms with E-state index >= 15 is 0 Å². The molecule has 3 heteroatoms. The highest BCUT2D eigenvalue weighted by molar-refractivity contribution is 5.88. The fraction of sp³-hybridized carbons (Fsp3) is 0.133. The van der Waals surface area contributed by atoms with E-state index in [1.807, 2.05) is 55.5 Å². The molecule has 0 amide bonds. The molecule has 0 saturated carbocycles. The molecule has 0 aliphatic heterocycles. The first-order valence-electron chi connectivity index (χ1n) is 5.89. The number of hydrogen-bond donors (Lipinski definition) is 1. The zero-order chi connectivity index (χ0) is 12.8. The summed E-state index contributed by atoms with van der Waals surface area (Å²) in [5.41, 5.74) is 4.29. The van der Waals surface area contributed by atoms with Crippen LogP contribution in [0.3, 0.4) is 0 Å². The van der Waals surface area contributed by atoms with Crippen LogP contribution >= 0.6 is 0 Å². The molecular weight excluding hydrogens is 226 g/mol. The Hall–Kier alpha value is -2.13. The van der Waals surface area contributed by atoms with Crippen molar-refractivity contribution in [2.45, 2.75) is 13.5 Å². The molecule has 2 aromatic rings. The van der Waals surface area contributed by atoms with Crippen LogP contribution in [0.25, 0.3) is 0 Å². The van der Waals surface area contributed by atoms with Gasteiger partial charge in [-0.25, -0.2) is 0 Å². The third kappa shape index (κ3) is 3.43. The Morgan fingerprint density at radius 3 is 2.61 bits per heavy atom. The molecule has 1 radical (unpaired) electrons. The Morgan fingerprint density at radius 1 is 1.11 bits per heavy atom. The number of rotatable bonds is 4. The number of nitrogens with two attached hydrogens (primary N) is 1. The van der Waals surface area contributed by atoms with Gasteiger partial charge in [-0.1, -0.05) is 58.3 Å². The quantitative estimate of drug-likeness (QED) is 0.656. The molecule has 0 aromatic heterocycles. The Labute approximate surface area is 106 Å². The van der Waals surface area contributed by atoms with Crippen LogP contribution < -0.4 is 5.48 Å². The topological polar surface area (TPSA) is 45.7 Å². The second-order valence-corrected chi connectivity index (χ2v) is 4.13. The molecule has 3 nitrogen and oxygen atoms in total. The molecule has 2 rings (SSSR count). The summed E-state index contributed by atoms with van der Waals surface area (Å²) in [7, 11) is 0. The predicted molar refractivity (Wildman–Crippen MR) is 68.7 cm³/mol. The van der Waals surface area contributed by atoms with Crippen molar-refractivity contribution < 1.29 is 15.1 Å². The van der Waals surface area contributed by atoms with Crippen LogP contribution in [0.1, 0.15) is 21.5 Å². The van der Waals surface area contributed by atoms with Gasteiger partial charge < -0.3 is 0 Å². The standard InChI is InChI=1S/C15H15NO2/c1-12-6-5-9-14(10-12)15(17)18-16-11-13-7-3-2-4-8-13/h2-10,16H,11H2,1H3/q+1/p+1. The molecule has 2 aromatic carbocycles. The van der Waals surface area contributed by atoms with Gasteiger partial charge in [0.1, 0.15) is 5.56 Å². The maximum Gasteiger partial charge on any atom is 0.669 e. The van der Waals surface area contributed by atoms with Crippen molar-refractivity contribution >= 4 is 5.97 Å². The molecule has 0 bridgehead atoms. The summed E-state index contributed by atoms with van der Waals surface area (Å²) in [6.07, 6.45) is 0. The highest BCUT2D eigenvalue weighted by atomic mass is 16.7. The van der Waals surface area contributed by atoms with Crippen molar-refractivity contribution in [1.29, 1.82) is 0 Å². The molecule has 0 aliphatic rings. The number of carbonyl (C=O) groups excluding carboxylic acids is 1. The second-order valence-electron chi connectivity index (χ2n) is 4.13. The van der Waals surface area contributed by atoms with Gasteiger partial charge in [-0.2, -0.15) is 0 Å². The number of aryl methyl sites for hydroxylation is 1. The molecule has 18 heavy (non-hydrogen) atoms. The summed E-state index contributed by atoms with van der Waals surface area (Å²) in [6.45, 7) is 2.57. The molecular formula is C15H16NO2+2. The van der Waals surface area contributed by atoms with E-state index in [1.165, 1.54) is 0 Å². The minimum atomic E-state index is -0.311. The van der Waals surface area contributed by atoms with E-state index in [1.54, 1.807) is 11.5 Å². The monoisotopic (exact) mass is 242 g/mol. The second kappa shape index (κ2) is 5.98. The van der Waals surface area contributed by atoms with Crippen molar-refractivity contribution in [3.05, 3.63) is 71.3 Å². The number of carbonyl (C=O) groups is 1. The van der Waals surface area contributed by atoms with Gasteiger partial charge >= 0.3 is 5.97 Å². The fourth-order valence-electron chi connectivity index (χ4n) is 1.67. The number of benzene rings is 2. The Balaban J connectivity index is 1.86. The van der Waals surface area contributed by atoms with Crippen molar-refractivity contribution in [1.82, 2.24) is 0 Å². The molecule has 0 fully saturated rings. The molecule has 0 heterocycles. The third-order valence-electron chi connectivity index (χ3n) is 2.61. The van der Waals surface area contributed by atoms with Crippen LogP contribution in [0.15, 0.2) is 54.6 Å². The molecule has 0 aliphatic carbocycles. The fourth-order valence-corrected chi connectivity index (χ4v) is 1.67. The molecule has 0 saturated heterocycles. The predicted octanol–water partition coefficient (Wildman–Crippen LogP) is 1.83. The first kappa shape index (κ1) is 12.3. The van der Waals surface area contributed by atoms with E-state index < -0.39 is 0 Å². The zero-order valence-corrected chi connectivity index (χ0v) is 10.3. The third-order valence-corrected chi connectivity index (χ3v) is 2.61. The Bertz CT molecular complexity index is 523. The van der Waals surface area contributed by atoms with Crippen LogP contribution in [-0.4, -0.2) is 5.97 Å². The smallest absolute Gasteiger partial charge is 0.0835 e. The van der Waals surface area contributed by atoms with Gasteiger partial charge in [-0.3, -0.25) is 0 Å². The van der Waals surface area contributed by atoms with E-state index in [0.717, 1.165) is 11.1 Å². The summed E-state index contributed by atoms with van der Waals surface area (Å²) in [4.78, 5) is 16.9. The molecule has 0 atom stereocenters. The van der Waals surface area contributed by atoms with Gasteiger partial charge in [0.15, 0.2) is 6.54 Å². The van der Waals surface area contributed by atoms with Crippen LogP contribution in [0, 0.1) is 6.92 Å². The van der Waals surface area contributed by atoms with Gasteiger partial charge in [0.05, 0.1) is 4.79 Å². The number of hydroxylamine groups is 1. The Morgan fingerprint density at radius 2 is 1.89 bits per heavy atom. The molecule has 0 spiro atoms. The van der Waals surface area contributed by atoms with Gasteiger partial charge in [-0.15, -0.1) is 0 Å². The first-order valence-corrected chi connectivity index (χ1v) is 5.89. The lowest BCUT2D eigenvalue weighted by molar-refractivity contribution is -0.883. The van der Waals surface area contributed by atoms with Crippen molar-refractivity contribution in [3.8, 4) is 0 Å². The van der Waals surface area contributed by atoms with Gasteiger partial charge in [0.25, 0.3) is 0 Å². The number of hydrogen-bond acceptors (Lipinski definition) is 2. The van der Waals surface area contributed by atoms with Gasteiger partial charge in [-0.05, 0) is 19.1 Å². The summed E-state index contributed by atoms with van der Waals surface area (Å²) in [5, 5.41) is 0. The first-order chi connectivity index (χ1) is 8.75. The average molecular weight is 242 g/mol. The van der Waals surface area contributed by atoms with Crippen molar-refractivity contribution in [3.63, 3.8) is 0 Å². The van der Waals surface area contributed by atoms with E-state index in [9.17, 15) is 4.79 Å². The van der Waals surface area contributed by atoms with Crippen LogP contribution in [-0.2, 0) is 11.4 Å². The largest absolute Gasteiger partial charge is 0.669 e. The highest BCUT2D eigenvalue weighted by Crippen LogP contribution is 2.04. The van der Waals surface area contributed by atoms with Crippen LogP contribution in [0.2, 0.25) is 0 Å². The SMILES string of the molecule is Cc1cccc(C(=[O+])O[NH2+]Cc2ccccc2)c1. The van der Waals surface area contributed by atoms with Crippen molar-refractivity contribution in [2.24, 2.45) is 0 Å². The Kier molecular flexibility index (Phi) is 4.10. The van der Waals surface area contributed by atoms with Crippen molar-refractivity contribution in [2.75, 3.05) is 0 Å². The van der Waals surface area contributed by atoms with Crippen LogP contribution in [0.4, 0.5) is 0 Å². The summed E-state index contributed by atoms with van der Waals surface area (Å²) in [6, 6.07) is 17.3. The maximum atomic E-state index is 11.7. The molecule has 91 valence electrons. The lowest BCUT2D eigenvalue weighted by atomic mass is 10.1.